The van der Waals surface area contributed by atoms with Crippen molar-refractivity contribution < 1.29 is 38.1 Å². The van der Waals surface area contributed by atoms with Crippen LogP contribution in [-0.4, -0.2) is 41.1 Å². The van der Waals surface area contributed by atoms with Crippen LogP contribution in [0, 0.1) is 23.7 Å². The molecule has 59 heavy (non-hydrogen) atoms. The van der Waals surface area contributed by atoms with Gasteiger partial charge < -0.3 is 18.9 Å². The highest BCUT2D eigenvalue weighted by Gasteiger charge is 2.32. The van der Waals surface area contributed by atoms with Gasteiger partial charge in [-0.25, -0.2) is 14.6 Å². The summed E-state index contributed by atoms with van der Waals surface area (Å²) in [4.78, 5) is 57.5. The van der Waals surface area contributed by atoms with Crippen molar-refractivity contribution in [2.45, 2.75) is 103 Å². The van der Waals surface area contributed by atoms with Gasteiger partial charge in [-0.1, -0.05) is 75.1 Å². The molecule has 2 saturated carbocycles. The molecule has 0 saturated heterocycles. The Hall–Kier alpha value is -5.79. The largest absolute Gasteiger partial charge is 0.459 e. The molecule has 1 aromatic heterocycles. The topological polar surface area (TPSA) is 118 Å². The van der Waals surface area contributed by atoms with Crippen molar-refractivity contribution >= 4 is 45.4 Å². The van der Waals surface area contributed by atoms with Crippen molar-refractivity contribution in [2.24, 2.45) is 11.8 Å². The lowest BCUT2D eigenvalue weighted by Crippen LogP contribution is -2.30. The third-order valence-electron chi connectivity index (χ3n) is 11.0. The SMILES string of the molecule is CCCc1ccc(C(=O)OC2CCC(C(=O)Oc3ccc(OC(=O)C4CCC(OC(=O)c5ccc(CCC)cc5)CC4)c4sc(C#Cc5ccccc5)nc34)CC2)cc1. The molecule has 2 fully saturated rings. The number of nitrogens with zero attached hydrogens (tertiary/aromatic N) is 1. The summed E-state index contributed by atoms with van der Waals surface area (Å²) < 4.78 is 24.2. The molecule has 0 aliphatic heterocycles. The summed E-state index contributed by atoms with van der Waals surface area (Å²) in [6.07, 6.45) is 7.75. The lowest BCUT2D eigenvalue weighted by Gasteiger charge is -2.27. The molecule has 0 bridgehead atoms. The van der Waals surface area contributed by atoms with Gasteiger partial charge in [-0.05, 0) is 130 Å². The first-order valence-corrected chi connectivity index (χ1v) is 21.6. The average molecular weight is 812 g/mol. The summed E-state index contributed by atoms with van der Waals surface area (Å²) in [7, 11) is 0. The minimum Gasteiger partial charge on any atom is -0.459 e. The average Bonchev–Trinajstić information content (AvgIpc) is 3.70. The normalized spacial score (nSPS) is 18.9. The van der Waals surface area contributed by atoms with Crippen LogP contribution in [0.1, 0.15) is 120 Å². The molecule has 0 unspecified atom stereocenters. The zero-order valence-corrected chi connectivity index (χ0v) is 34.4. The highest BCUT2D eigenvalue weighted by atomic mass is 32.1. The van der Waals surface area contributed by atoms with Crippen molar-refractivity contribution in [3.8, 4) is 23.3 Å². The van der Waals surface area contributed by atoms with Gasteiger partial charge in [-0.3, -0.25) is 9.59 Å². The number of benzene rings is 4. The molecular formula is C49H49NO8S. The van der Waals surface area contributed by atoms with Crippen molar-refractivity contribution in [3.05, 3.63) is 124 Å². The summed E-state index contributed by atoms with van der Waals surface area (Å²) in [5.41, 5.74) is 4.63. The van der Waals surface area contributed by atoms with E-state index in [9.17, 15) is 19.2 Å². The standard InChI is InChI=1S/C49H49NO8S/c1-3-8-32-12-17-35(18-13-32)46(51)55-39-25-21-37(22-26-39)48(53)57-41-29-30-42(45-44(41)50-43(59-45)31-16-34-10-6-5-7-11-34)58-49(54)38-23-27-40(28-24-38)56-47(52)36-19-14-33(9-4-2)15-20-36/h5-7,10-15,17-20,29-30,37-40H,3-4,8-9,21-28H2,1-2H3. The molecule has 0 atom stereocenters. The van der Waals surface area contributed by atoms with E-state index in [0.717, 1.165) is 31.2 Å². The lowest BCUT2D eigenvalue weighted by atomic mass is 9.87. The first-order valence-electron chi connectivity index (χ1n) is 20.8. The summed E-state index contributed by atoms with van der Waals surface area (Å²) >= 11 is 1.27. The van der Waals surface area contributed by atoms with E-state index in [0.29, 0.717) is 83.5 Å². The van der Waals surface area contributed by atoms with Gasteiger partial charge in [0, 0.05) is 5.56 Å². The number of ether oxygens (including phenoxy) is 4. The summed E-state index contributed by atoms with van der Waals surface area (Å²) in [6.45, 7) is 4.24. The van der Waals surface area contributed by atoms with Gasteiger partial charge in [-0.2, -0.15) is 0 Å². The quantitative estimate of drug-likeness (QED) is 0.0689. The van der Waals surface area contributed by atoms with Gasteiger partial charge in [-0.15, -0.1) is 11.3 Å². The minimum atomic E-state index is -0.386. The zero-order chi connectivity index (χ0) is 41.1. The van der Waals surface area contributed by atoms with Crippen LogP contribution in [0.25, 0.3) is 10.2 Å². The van der Waals surface area contributed by atoms with Crippen LogP contribution in [0.3, 0.4) is 0 Å². The molecular weight excluding hydrogens is 763 g/mol. The lowest BCUT2D eigenvalue weighted by molar-refractivity contribution is -0.141. The number of carbonyl (C=O) groups excluding carboxylic acids is 4. The third-order valence-corrected chi connectivity index (χ3v) is 12.0. The molecule has 304 valence electrons. The second-order valence-electron chi connectivity index (χ2n) is 15.4. The molecule has 0 radical (unpaired) electrons. The van der Waals surface area contributed by atoms with Gasteiger partial charge in [0.2, 0.25) is 0 Å². The Morgan fingerprint density at radius 3 is 1.56 bits per heavy atom. The number of fused-ring (bicyclic) bond motifs is 1. The molecule has 2 aliphatic rings. The Bertz CT molecular complexity index is 2170. The van der Waals surface area contributed by atoms with E-state index >= 15 is 0 Å². The first kappa shape index (κ1) is 41.4. The molecule has 9 nitrogen and oxygen atoms in total. The molecule has 0 N–H and O–H groups in total. The number of carbonyl (C=O) groups is 4. The smallest absolute Gasteiger partial charge is 0.338 e. The highest BCUT2D eigenvalue weighted by molar-refractivity contribution is 7.19. The Balaban J connectivity index is 0.981. The van der Waals surface area contributed by atoms with Crippen LogP contribution < -0.4 is 9.47 Å². The number of esters is 4. The molecule has 1 heterocycles. The molecule has 0 spiro atoms. The molecule has 10 heteroatoms. The number of aryl methyl sites for hydroxylation is 2. The monoisotopic (exact) mass is 811 g/mol. The van der Waals surface area contributed by atoms with Crippen LogP contribution in [0.2, 0.25) is 0 Å². The van der Waals surface area contributed by atoms with Crippen LogP contribution in [0.5, 0.6) is 11.5 Å². The van der Waals surface area contributed by atoms with Crippen LogP contribution >= 0.6 is 11.3 Å². The van der Waals surface area contributed by atoms with Gasteiger partial charge in [0.1, 0.15) is 22.4 Å². The van der Waals surface area contributed by atoms with Gasteiger partial charge in [0.15, 0.2) is 16.5 Å². The second-order valence-corrected chi connectivity index (χ2v) is 16.4. The number of rotatable bonds is 12. The maximum absolute atomic E-state index is 13.6. The van der Waals surface area contributed by atoms with E-state index in [-0.39, 0.29) is 53.7 Å². The minimum absolute atomic E-state index is 0.260. The highest BCUT2D eigenvalue weighted by Crippen LogP contribution is 2.39. The number of thiazole rings is 1. The van der Waals surface area contributed by atoms with Crippen LogP contribution in [0.15, 0.2) is 91.0 Å². The van der Waals surface area contributed by atoms with Gasteiger partial charge in [0.05, 0.1) is 23.0 Å². The summed E-state index contributed by atoms with van der Waals surface area (Å²) in [5.74, 6) is 4.62. The Morgan fingerprint density at radius 2 is 1.07 bits per heavy atom. The molecule has 0 amide bonds. The van der Waals surface area contributed by atoms with E-state index in [4.69, 9.17) is 23.9 Å². The molecule has 2 aliphatic carbocycles. The van der Waals surface area contributed by atoms with Gasteiger partial charge in [0.25, 0.3) is 0 Å². The predicted molar refractivity (Wildman–Crippen MR) is 227 cm³/mol. The Kier molecular flexibility index (Phi) is 13.9. The number of aromatic nitrogens is 1. The Morgan fingerprint density at radius 1 is 0.593 bits per heavy atom. The first-order chi connectivity index (χ1) is 28.8. The number of hydrogen-bond acceptors (Lipinski definition) is 10. The van der Waals surface area contributed by atoms with E-state index in [1.165, 1.54) is 22.5 Å². The third kappa shape index (κ3) is 10.8. The maximum atomic E-state index is 13.6. The van der Waals surface area contributed by atoms with E-state index < -0.39 is 0 Å². The fourth-order valence-corrected chi connectivity index (χ4v) is 8.56. The fraction of sp³-hybridized carbons (Fsp3) is 0.367. The van der Waals surface area contributed by atoms with E-state index in [1.807, 2.05) is 66.7 Å². The van der Waals surface area contributed by atoms with Crippen LogP contribution in [0.4, 0.5) is 0 Å². The molecule has 7 rings (SSSR count). The van der Waals surface area contributed by atoms with Gasteiger partial charge >= 0.3 is 23.9 Å². The van der Waals surface area contributed by atoms with Crippen molar-refractivity contribution in [3.63, 3.8) is 0 Å². The second kappa shape index (κ2) is 19.8. The van der Waals surface area contributed by atoms with E-state index in [2.05, 4.69) is 25.7 Å². The summed E-state index contributed by atoms with van der Waals surface area (Å²) in [5, 5.41) is 0.481. The summed E-state index contributed by atoms with van der Waals surface area (Å²) in [6, 6.07) is 27.9. The van der Waals surface area contributed by atoms with Crippen molar-refractivity contribution in [1.82, 2.24) is 4.98 Å². The Labute approximate surface area is 349 Å². The van der Waals surface area contributed by atoms with E-state index in [1.54, 1.807) is 24.3 Å². The molecule has 5 aromatic rings. The molecule has 4 aromatic carbocycles. The zero-order valence-electron chi connectivity index (χ0n) is 33.6. The maximum Gasteiger partial charge on any atom is 0.338 e. The number of hydrogen-bond donors (Lipinski definition) is 0. The van der Waals surface area contributed by atoms with Crippen molar-refractivity contribution in [2.75, 3.05) is 0 Å². The fourth-order valence-electron chi connectivity index (χ4n) is 7.67. The van der Waals surface area contributed by atoms with Crippen molar-refractivity contribution in [1.29, 1.82) is 0 Å². The van der Waals surface area contributed by atoms with Crippen LogP contribution in [-0.2, 0) is 31.9 Å². The predicted octanol–water partition coefficient (Wildman–Crippen LogP) is 10.2.